The Kier molecular flexibility index (Phi) is 4.75. The van der Waals surface area contributed by atoms with E-state index in [1.165, 1.54) is 25.1 Å². The zero-order valence-corrected chi connectivity index (χ0v) is 16.2. The highest BCUT2D eigenvalue weighted by atomic mass is 35.5. The van der Waals surface area contributed by atoms with Gasteiger partial charge in [0.25, 0.3) is 0 Å². The number of carbonyl (C=O) groups excluding carboxylic acids is 1. The fourth-order valence-electron chi connectivity index (χ4n) is 4.50. The van der Waals surface area contributed by atoms with Crippen molar-refractivity contribution in [1.82, 2.24) is 5.43 Å². The Balaban J connectivity index is 1.39. The van der Waals surface area contributed by atoms with E-state index in [4.69, 9.17) is 21.1 Å². The summed E-state index contributed by atoms with van der Waals surface area (Å²) in [6.07, 6.45) is 6.11. The maximum atomic E-state index is 12.4. The van der Waals surface area contributed by atoms with E-state index in [1.807, 2.05) is 0 Å². The second-order valence-electron chi connectivity index (χ2n) is 7.77. The molecular weight excluding hydrogens is 380 g/mol. The topological polar surface area (TPSA) is 91.9 Å². The van der Waals surface area contributed by atoms with Crippen LogP contribution in [0, 0.1) is 17.3 Å². The largest absolute Gasteiger partial charge is 0.478 e. The SMILES string of the molecule is C[C@]12CCCC[C@@H]1[C@@H]2C(=O)N/N=C\c1ccc(-c2ccc(C(=O)O)c(Cl)c2)o1. The molecule has 2 fully saturated rings. The van der Waals surface area contributed by atoms with Crippen LogP contribution in [0.5, 0.6) is 0 Å². The van der Waals surface area contributed by atoms with Gasteiger partial charge in [0.2, 0.25) is 5.91 Å². The highest BCUT2D eigenvalue weighted by Crippen LogP contribution is 2.66. The van der Waals surface area contributed by atoms with Crippen molar-refractivity contribution < 1.29 is 19.1 Å². The maximum absolute atomic E-state index is 12.4. The Morgan fingerprint density at radius 1 is 1.32 bits per heavy atom. The number of benzene rings is 1. The number of hydrogen-bond acceptors (Lipinski definition) is 4. The monoisotopic (exact) mass is 400 g/mol. The molecule has 0 aliphatic heterocycles. The summed E-state index contributed by atoms with van der Waals surface area (Å²) >= 11 is 6.00. The van der Waals surface area contributed by atoms with E-state index < -0.39 is 5.97 Å². The molecule has 7 heteroatoms. The predicted molar refractivity (Wildman–Crippen MR) is 105 cm³/mol. The number of aromatic carboxylic acids is 1. The average Bonchev–Trinajstić information content (AvgIpc) is 3.02. The maximum Gasteiger partial charge on any atom is 0.337 e. The van der Waals surface area contributed by atoms with Gasteiger partial charge in [0.05, 0.1) is 16.8 Å². The first-order chi connectivity index (χ1) is 13.4. The van der Waals surface area contributed by atoms with Crippen LogP contribution in [-0.4, -0.2) is 23.2 Å². The summed E-state index contributed by atoms with van der Waals surface area (Å²) in [6, 6.07) is 8.08. The minimum absolute atomic E-state index is 0.0199. The number of hydrazone groups is 1. The van der Waals surface area contributed by atoms with Crippen LogP contribution in [0.4, 0.5) is 0 Å². The lowest BCUT2D eigenvalue weighted by Gasteiger charge is -2.15. The Bertz CT molecular complexity index is 967. The van der Waals surface area contributed by atoms with Crippen molar-refractivity contribution >= 4 is 29.7 Å². The van der Waals surface area contributed by atoms with E-state index in [0.29, 0.717) is 23.0 Å². The highest BCUT2D eigenvalue weighted by Gasteiger charge is 2.64. The van der Waals surface area contributed by atoms with E-state index in [1.54, 1.807) is 24.3 Å². The molecule has 0 radical (unpaired) electrons. The molecule has 2 aliphatic rings. The number of hydrogen-bond donors (Lipinski definition) is 2. The summed E-state index contributed by atoms with van der Waals surface area (Å²) in [5, 5.41) is 13.2. The third kappa shape index (κ3) is 3.33. The summed E-state index contributed by atoms with van der Waals surface area (Å²) in [4.78, 5) is 23.4. The second-order valence-corrected chi connectivity index (χ2v) is 8.18. The van der Waals surface area contributed by atoms with Gasteiger partial charge in [0, 0.05) is 11.5 Å². The summed E-state index contributed by atoms with van der Waals surface area (Å²) in [5.41, 5.74) is 3.49. The summed E-state index contributed by atoms with van der Waals surface area (Å²) in [6.45, 7) is 2.20. The number of carboxylic acid groups (broad SMARTS) is 1. The fraction of sp³-hybridized carbons (Fsp3) is 0.381. The van der Waals surface area contributed by atoms with Crippen LogP contribution >= 0.6 is 11.6 Å². The van der Waals surface area contributed by atoms with Crippen molar-refractivity contribution in [2.24, 2.45) is 22.4 Å². The van der Waals surface area contributed by atoms with Crippen LogP contribution in [0.15, 0.2) is 39.9 Å². The van der Waals surface area contributed by atoms with Crippen LogP contribution in [0.2, 0.25) is 5.02 Å². The normalized spacial score (nSPS) is 26.1. The van der Waals surface area contributed by atoms with E-state index in [-0.39, 0.29) is 27.8 Å². The van der Waals surface area contributed by atoms with E-state index >= 15 is 0 Å². The van der Waals surface area contributed by atoms with Crippen molar-refractivity contribution in [3.63, 3.8) is 0 Å². The molecule has 146 valence electrons. The third-order valence-corrected chi connectivity index (χ3v) is 6.40. The lowest BCUT2D eigenvalue weighted by Crippen LogP contribution is -2.22. The minimum Gasteiger partial charge on any atom is -0.478 e. The van der Waals surface area contributed by atoms with Crippen molar-refractivity contribution in [2.75, 3.05) is 0 Å². The standard InChI is InChI=1S/C21H21ClN2O4/c1-21-9-3-2-4-15(21)18(21)19(25)24-23-11-13-6-8-17(28-13)12-5-7-14(20(26)27)16(22)10-12/h5-8,10-11,15,18H,2-4,9H2,1H3,(H,24,25)(H,26,27)/b23-11-/t15-,18-,21+/m1/s1. The van der Waals surface area contributed by atoms with Crippen molar-refractivity contribution in [2.45, 2.75) is 32.6 Å². The van der Waals surface area contributed by atoms with Crippen LogP contribution in [0.1, 0.15) is 48.7 Å². The van der Waals surface area contributed by atoms with Crippen LogP contribution in [0.25, 0.3) is 11.3 Å². The van der Waals surface area contributed by atoms with Gasteiger partial charge in [-0.3, -0.25) is 4.79 Å². The fourth-order valence-corrected chi connectivity index (χ4v) is 4.76. The summed E-state index contributed by atoms with van der Waals surface area (Å²) in [5.74, 6) is 0.470. The van der Waals surface area contributed by atoms with Gasteiger partial charge in [-0.25, -0.2) is 10.2 Å². The van der Waals surface area contributed by atoms with E-state index in [2.05, 4.69) is 17.5 Å². The van der Waals surface area contributed by atoms with Crippen molar-refractivity contribution in [3.8, 4) is 11.3 Å². The van der Waals surface area contributed by atoms with Gasteiger partial charge in [0.1, 0.15) is 11.5 Å². The molecule has 1 amide bonds. The van der Waals surface area contributed by atoms with E-state index in [0.717, 1.165) is 12.8 Å². The molecule has 6 nitrogen and oxygen atoms in total. The summed E-state index contributed by atoms with van der Waals surface area (Å²) < 4.78 is 5.69. The first-order valence-corrected chi connectivity index (χ1v) is 9.74. The molecule has 1 heterocycles. The Labute approximate surface area is 167 Å². The van der Waals surface area contributed by atoms with Gasteiger partial charge in [-0.15, -0.1) is 0 Å². The second kappa shape index (κ2) is 7.09. The molecule has 28 heavy (non-hydrogen) atoms. The number of rotatable bonds is 5. The quantitative estimate of drug-likeness (QED) is 0.567. The Morgan fingerprint density at radius 2 is 2.14 bits per heavy atom. The number of halogens is 1. The minimum atomic E-state index is -1.08. The molecule has 1 aromatic heterocycles. The smallest absolute Gasteiger partial charge is 0.337 e. The molecule has 2 saturated carbocycles. The molecule has 0 bridgehead atoms. The first kappa shape index (κ1) is 18.7. The average molecular weight is 401 g/mol. The highest BCUT2D eigenvalue weighted by molar-refractivity contribution is 6.33. The lowest BCUT2D eigenvalue weighted by molar-refractivity contribution is -0.123. The lowest BCUT2D eigenvalue weighted by atomic mass is 9.90. The number of amides is 1. The Hall–Kier alpha value is -2.60. The number of nitrogens with one attached hydrogen (secondary N) is 1. The third-order valence-electron chi connectivity index (χ3n) is 6.09. The van der Waals surface area contributed by atoms with Gasteiger partial charge in [-0.1, -0.05) is 37.4 Å². The molecule has 0 saturated heterocycles. The van der Waals surface area contributed by atoms with Crippen LogP contribution < -0.4 is 5.43 Å². The van der Waals surface area contributed by atoms with Crippen LogP contribution in [0.3, 0.4) is 0 Å². The number of nitrogens with zero attached hydrogens (tertiary/aromatic N) is 1. The number of fused-ring (bicyclic) bond motifs is 1. The van der Waals surface area contributed by atoms with Gasteiger partial charge in [0.15, 0.2) is 0 Å². The molecule has 0 unspecified atom stereocenters. The van der Waals surface area contributed by atoms with Crippen molar-refractivity contribution in [3.05, 3.63) is 46.7 Å². The number of carboxylic acids is 1. The van der Waals surface area contributed by atoms with Crippen molar-refractivity contribution in [1.29, 1.82) is 0 Å². The van der Waals surface area contributed by atoms with Gasteiger partial charge >= 0.3 is 5.97 Å². The number of furan rings is 1. The van der Waals surface area contributed by atoms with Gasteiger partial charge in [-0.05, 0) is 48.4 Å². The molecule has 2 N–H and O–H groups in total. The van der Waals surface area contributed by atoms with Gasteiger partial charge < -0.3 is 9.52 Å². The van der Waals surface area contributed by atoms with Crippen LogP contribution in [-0.2, 0) is 4.79 Å². The number of carbonyl (C=O) groups is 2. The first-order valence-electron chi connectivity index (χ1n) is 9.36. The molecule has 2 aromatic rings. The van der Waals surface area contributed by atoms with E-state index in [9.17, 15) is 9.59 Å². The summed E-state index contributed by atoms with van der Waals surface area (Å²) in [7, 11) is 0. The molecule has 3 atom stereocenters. The Morgan fingerprint density at radius 3 is 2.82 bits per heavy atom. The zero-order chi connectivity index (χ0) is 19.9. The molecule has 4 rings (SSSR count). The molecular formula is C21H21ClN2O4. The van der Waals surface area contributed by atoms with Gasteiger partial charge in [-0.2, -0.15) is 5.10 Å². The zero-order valence-electron chi connectivity index (χ0n) is 15.4. The molecule has 0 spiro atoms. The molecule has 1 aromatic carbocycles. The predicted octanol–water partition coefficient (Wildman–Crippen LogP) is 4.57. The molecule has 2 aliphatic carbocycles.